The van der Waals surface area contributed by atoms with E-state index in [-0.39, 0.29) is 0 Å². The second-order valence-corrected chi connectivity index (χ2v) is 4.75. The van der Waals surface area contributed by atoms with Gasteiger partial charge < -0.3 is 4.74 Å². The summed E-state index contributed by atoms with van der Waals surface area (Å²) in [6.45, 7) is 5.78. The predicted molar refractivity (Wildman–Crippen MR) is 56.1 cm³/mol. The molecule has 0 heterocycles. The van der Waals surface area contributed by atoms with E-state index in [4.69, 9.17) is 4.74 Å². The highest BCUT2D eigenvalue weighted by molar-refractivity contribution is 5.77. The lowest BCUT2D eigenvalue weighted by atomic mass is 9.97. The molecule has 0 aromatic heterocycles. The molecule has 94 valence electrons. The zero-order valence-electron chi connectivity index (χ0n) is 10.0. The minimum atomic E-state index is -1.28. The number of rotatable bonds is 1. The van der Waals surface area contributed by atoms with E-state index in [2.05, 4.69) is 0 Å². The number of carbonyl (C=O) groups excluding carboxylic acids is 1. The van der Waals surface area contributed by atoms with E-state index in [1.54, 1.807) is 20.8 Å². The molecule has 1 aromatic rings. The van der Waals surface area contributed by atoms with E-state index < -0.39 is 40.1 Å². The van der Waals surface area contributed by atoms with E-state index in [1.807, 2.05) is 0 Å². The molecule has 17 heavy (non-hydrogen) atoms. The van der Waals surface area contributed by atoms with Crippen LogP contribution in [0, 0.1) is 29.8 Å². The summed E-state index contributed by atoms with van der Waals surface area (Å²) in [4.78, 5) is 11.5. The Morgan fingerprint density at radius 2 is 1.71 bits per heavy atom. The standard InChI is InChI=1S/C12H13F3O2/c1-6-9(14)7(13)5-8(10(6)15)17-11(16)12(2,3)4/h5H,1-4H3. The van der Waals surface area contributed by atoms with E-state index in [0.717, 1.165) is 6.92 Å². The van der Waals surface area contributed by atoms with Crippen LogP contribution in [0.2, 0.25) is 0 Å². The molecule has 0 radical (unpaired) electrons. The van der Waals surface area contributed by atoms with Crippen molar-refractivity contribution < 1.29 is 22.7 Å². The molecule has 1 rings (SSSR count). The van der Waals surface area contributed by atoms with Crippen molar-refractivity contribution in [1.29, 1.82) is 0 Å². The van der Waals surface area contributed by atoms with Crippen molar-refractivity contribution in [2.24, 2.45) is 5.41 Å². The summed E-state index contributed by atoms with van der Waals surface area (Å²) in [6.07, 6.45) is 0. The molecule has 0 aliphatic carbocycles. The van der Waals surface area contributed by atoms with Crippen LogP contribution in [0.4, 0.5) is 13.2 Å². The third-order valence-electron chi connectivity index (χ3n) is 2.16. The molecule has 0 unspecified atom stereocenters. The Balaban J connectivity index is 3.13. The highest BCUT2D eigenvalue weighted by Crippen LogP contribution is 2.27. The first-order valence-corrected chi connectivity index (χ1v) is 5.01. The Kier molecular flexibility index (Phi) is 3.50. The summed E-state index contributed by atoms with van der Waals surface area (Å²) in [5, 5.41) is 0. The van der Waals surface area contributed by atoms with Crippen molar-refractivity contribution in [3.8, 4) is 5.75 Å². The van der Waals surface area contributed by atoms with Gasteiger partial charge in [0.25, 0.3) is 0 Å². The minimum absolute atomic E-state index is 0.512. The van der Waals surface area contributed by atoms with Gasteiger partial charge in [-0.1, -0.05) is 0 Å². The molecule has 0 saturated carbocycles. The monoisotopic (exact) mass is 246 g/mol. The second kappa shape index (κ2) is 4.39. The van der Waals surface area contributed by atoms with E-state index in [0.29, 0.717) is 6.07 Å². The molecule has 0 amide bonds. The first kappa shape index (κ1) is 13.5. The Labute approximate surface area is 97.4 Å². The average molecular weight is 246 g/mol. The molecule has 0 N–H and O–H groups in total. The SMILES string of the molecule is Cc1c(F)c(F)cc(OC(=O)C(C)(C)C)c1F. The van der Waals surface area contributed by atoms with Crippen molar-refractivity contribution >= 4 is 5.97 Å². The van der Waals surface area contributed by atoms with Crippen LogP contribution < -0.4 is 4.74 Å². The Hall–Kier alpha value is -1.52. The van der Waals surface area contributed by atoms with Gasteiger partial charge in [0.05, 0.1) is 5.41 Å². The lowest BCUT2D eigenvalue weighted by Gasteiger charge is -2.17. The van der Waals surface area contributed by atoms with Crippen LogP contribution in [0.25, 0.3) is 0 Å². The predicted octanol–water partition coefficient (Wildman–Crippen LogP) is 3.36. The van der Waals surface area contributed by atoms with Gasteiger partial charge in [0, 0.05) is 11.6 Å². The van der Waals surface area contributed by atoms with Crippen LogP contribution in [0.5, 0.6) is 5.75 Å². The Bertz CT molecular complexity index is 462. The first-order chi connectivity index (χ1) is 7.64. The zero-order valence-corrected chi connectivity index (χ0v) is 10.0. The van der Waals surface area contributed by atoms with Crippen molar-refractivity contribution in [2.45, 2.75) is 27.7 Å². The van der Waals surface area contributed by atoms with Crippen LogP contribution in [-0.4, -0.2) is 5.97 Å². The number of esters is 1. The van der Waals surface area contributed by atoms with Crippen LogP contribution in [0.3, 0.4) is 0 Å². The molecule has 0 atom stereocenters. The number of benzene rings is 1. The summed E-state index contributed by atoms with van der Waals surface area (Å²) in [5.74, 6) is -4.91. The molecule has 0 aliphatic rings. The van der Waals surface area contributed by atoms with Gasteiger partial charge in [0.15, 0.2) is 23.2 Å². The van der Waals surface area contributed by atoms with Gasteiger partial charge in [-0.05, 0) is 27.7 Å². The van der Waals surface area contributed by atoms with Gasteiger partial charge in [-0.3, -0.25) is 4.79 Å². The molecular formula is C12H13F3O2. The van der Waals surface area contributed by atoms with Crippen molar-refractivity contribution in [2.75, 3.05) is 0 Å². The topological polar surface area (TPSA) is 26.3 Å². The van der Waals surface area contributed by atoms with Crippen molar-refractivity contribution in [3.63, 3.8) is 0 Å². The molecule has 0 saturated heterocycles. The lowest BCUT2D eigenvalue weighted by molar-refractivity contribution is -0.143. The summed E-state index contributed by atoms with van der Waals surface area (Å²) in [7, 11) is 0. The lowest BCUT2D eigenvalue weighted by Crippen LogP contribution is -2.26. The molecular weight excluding hydrogens is 233 g/mol. The number of hydrogen-bond donors (Lipinski definition) is 0. The van der Waals surface area contributed by atoms with Crippen LogP contribution in [-0.2, 0) is 4.79 Å². The maximum atomic E-state index is 13.5. The van der Waals surface area contributed by atoms with E-state index >= 15 is 0 Å². The fourth-order valence-corrected chi connectivity index (χ4v) is 1.03. The summed E-state index contributed by atoms with van der Waals surface area (Å²) in [6, 6.07) is 0.529. The highest BCUT2D eigenvalue weighted by Gasteiger charge is 2.26. The van der Waals surface area contributed by atoms with Gasteiger partial charge in [-0.25, -0.2) is 13.2 Å². The zero-order chi connectivity index (χ0) is 13.4. The van der Waals surface area contributed by atoms with E-state index in [9.17, 15) is 18.0 Å². The molecule has 5 heteroatoms. The maximum absolute atomic E-state index is 13.5. The molecule has 0 spiro atoms. The van der Waals surface area contributed by atoms with Crippen molar-refractivity contribution in [1.82, 2.24) is 0 Å². The van der Waals surface area contributed by atoms with Crippen molar-refractivity contribution in [3.05, 3.63) is 29.1 Å². The van der Waals surface area contributed by atoms with Gasteiger partial charge in [-0.2, -0.15) is 0 Å². The number of halogens is 3. The molecule has 0 bridgehead atoms. The fraction of sp³-hybridized carbons (Fsp3) is 0.417. The maximum Gasteiger partial charge on any atom is 0.316 e. The minimum Gasteiger partial charge on any atom is -0.423 e. The smallest absolute Gasteiger partial charge is 0.316 e. The highest BCUT2D eigenvalue weighted by atomic mass is 19.2. The number of hydrogen-bond acceptors (Lipinski definition) is 2. The average Bonchev–Trinajstić information content (AvgIpc) is 2.21. The summed E-state index contributed by atoms with van der Waals surface area (Å²) in [5.41, 5.74) is -1.37. The fourth-order valence-electron chi connectivity index (χ4n) is 1.03. The van der Waals surface area contributed by atoms with E-state index in [1.165, 1.54) is 0 Å². The molecule has 1 aromatic carbocycles. The Morgan fingerprint density at radius 1 is 1.18 bits per heavy atom. The largest absolute Gasteiger partial charge is 0.423 e. The van der Waals surface area contributed by atoms with Crippen LogP contribution in [0.15, 0.2) is 6.07 Å². The quantitative estimate of drug-likeness (QED) is 0.431. The molecule has 0 fully saturated rings. The second-order valence-electron chi connectivity index (χ2n) is 4.75. The van der Waals surface area contributed by atoms with Gasteiger partial charge >= 0.3 is 5.97 Å². The van der Waals surface area contributed by atoms with Gasteiger partial charge in [0.2, 0.25) is 0 Å². The van der Waals surface area contributed by atoms with Crippen LogP contribution >= 0.6 is 0 Å². The molecule has 0 aliphatic heterocycles. The first-order valence-electron chi connectivity index (χ1n) is 5.01. The summed E-state index contributed by atoms with van der Waals surface area (Å²) < 4.78 is 44.2. The summed E-state index contributed by atoms with van der Waals surface area (Å²) >= 11 is 0. The number of ether oxygens (including phenoxy) is 1. The number of carbonyl (C=O) groups is 1. The normalized spacial score (nSPS) is 11.5. The van der Waals surface area contributed by atoms with Crippen LogP contribution in [0.1, 0.15) is 26.3 Å². The molecule has 2 nitrogen and oxygen atoms in total. The third-order valence-corrected chi connectivity index (χ3v) is 2.16. The van der Waals surface area contributed by atoms with Gasteiger partial charge in [0.1, 0.15) is 0 Å². The Morgan fingerprint density at radius 3 is 2.18 bits per heavy atom. The third kappa shape index (κ3) is 2.78. The van der Waals surface area contributed by atoms with Gasteiger partial charge in [-0.15, -0.1) is 0 Å².